The highest BCUT2D eigenvalue weighted by Crippen LogP contribution is 2.31. The number of nitrogens with zero attached hydrogens (tertiary/aromatic N) is 1. The molecule has 7 nitrogen and oxygen atoms in total. The van der Waals surface area contributed by atoms with Crippen LogP contribution in [0, 0.1) is 0 Å². The number of halogens is 2. The van der Waals surface area contributed by atoms with E-state index in [9.17, 15) is 14.4 Å². The molecule has 3 aromatic carbocycles. The highest BCUT2D eigenvalue weighted by atomic mass is 35.5. The molecule has 1 fully saturated rings. The molecular formula is C25H18Cl2N2O5. The molecule has 0 spiro atoms. The van der Waals surface area contributed by atoms with Crippen molar-refractivity contribution in [1.29, 1.82) is 0 Å². The van der Waals surface area contributed by atoms with E-state index in [0.29, 0.717) is 27.1 Å². The van der Waals surface area contributed by atoms with E-state index in [-0.39, 0.29) is 17.9 Å². The molecule has 9 heteroatoms. The fraction of sp³-hybridized carbons (Fsp3) is 0.0800. The van der Waals surface area contributed by atoms with E-state index >= 15 is 0 Å². The van der Waals surface area contributed by atoms with E-state index in [1.54, 1.807) is 36.4 Å². The Labute approximate surface area is 205 Å². The first-order valence-electron chi connectivity index (χ1n) is 10.1. The van der Waals surface area contributed by atoms with Gasteiger partial charge in [-0.2, -0.15) is 0 Å². The Bertz CT molecular complexity index is 1300. The van der Waals surface area contributed by atoms with Gasteiger partial charge in [-0.15, -0.1) is 0 Å². The number of anilines is 1. The van der Waals surface area contributed by atoms with Crippen molar-refractivity contribution in [2.75, 3.05) is 12.0 Å². The maximum atomic E-state index is 13.0. The summed E-state index contributed by atoms with van der Waals surface area (Å²) in [4.78, 5) is 38.6. The number of rotatable bonds is 6. The van der Waals surface area contributed by atoms with Gasteiger partial charge in [-0.3, -0.25) is 14.9 Å². The van der Waals surface area contributed by atoms with E-state index < -0.39 is 17.8 Å². The van der Waals surface area contributed by atoms with Crippen LogP contribution in [0.15, 0.2) is 72.3 Å². The topological polar surface area (TPSA) is 84.9 Å². The zero-order valence-electron chi connectivity index (χ0n) is 17.9. The molecule has 4 amide bonds. The highest BCUT2D eigenvalue weighted by Gasteiger charge is 2.36. The van der Waals surface area contributed by atoms with Gasteiger partial charge in [-0.25, -0.2) is 9.69 Å². The first-order valence-corrected chi connectivity index (χ1v) is 10.8. The third kappa shape index (κ3) is 4.90. The van der Waals surface area contributed by atoms with Gasteiger partial charge in [0.15, 0.2) is 11.5 Å². The van der Waals surface area contributed by atoms with Crippen molar-refractivity contribution in [2.45, 2.75) is 6.61 Å². The van der Waals surface area contributed by atoms with E-state index in [4.69, 9.17) is 32.7 Å². The summed E-state index contributed by atoms with van der Waals surface area (Å²) in [6.45, 7) is 0.232. The lowest BCUT2D eigenvalue weighted by molar-refractivity contribution is -0.122. The quantitative estimate of drug-likeness (QED) is 0.372. The summed E-state index contributed by atoms with van der Waals surface area (Å²) >= 11 is 12.1. The number of carbonyl (C=O) groups is 3. The summed E-state index contributed by atoms with van der Waals surface area (Å²) in [5.41, 5.74) is 1.40. The van der Waals surface area contributed by atoms with Crippen molar-refractivity contribution in [2.24, 2.45) is 0 Å². The molecule has 1 aliphatic rings. The van der Waals surface area contributed by atoms with Gasteiger partial charge in [-0.05, 0) is 54.1 Å². The van der Waals surface area contributed by atoms with Gasteiger partial charge in [0.1, 0.15) is 12.2 Å². The average molecular weight is 497 g/mol. The summed E-state index contributed by atoms with van der Waals surface area (Å²) in [7, 11) is 1.48. The van der Waals surface area contributed by atoms with E-state index in [1.807, 2.05) is 18.2 Å². The smallest absolute Gasteiger partial charge is 0.335 e. The van der Waals surface area contributed by atoms with Crippen LogP contribution in [0.4, 0.5) is 10.5 Å². The lowest BCUT2D eigenvalue weighted by Gasteiger charge is -2.26. The van der Waals surface area contributed by atoms with Crippen molar-refractivity contribution in [3.63, 3.8) is 0 Å². The number of imide groups is 2. The first kappa shape index (κ1) is 23.4. The second-order valence-electron chi connectivity index (χ2n) is 7.22. The molecular weight excluding hydrogens is 479 g/mol. The van der Waals surface area contributed by atoms with Crippen molar-refractivity contribution in [1.82, 2.24) is 5.32 Å². The lowest BCUT2D eigenvalue weighted by Crippen LogP contribution is -2.54. The Morgan fingerprint density at radius 3 is 2.38 bits per heavy atom. The number of hydrogen-bond donors (Lipinski definition) is 1. The molecule has 0 saturated carbocycles. The Kier molecular flexibility index (Phi) is 6.86. The summed E-state index contributed by atoms with van der Waals surface area (Å²) in [6, 6.07) is 17.6. The molecule has 0 radical (unpaired) electrons. The van der Waals surface area contributed by atoms with Crippen LogP contribution in [0.3, 0.4) is 0 Å². The van der Waals surface area contributed by atoms with Crippen LogP contribution >= 0.6 is 23.2 Å². The number of hydrogen-bond acceptors (Lipinski definition) is 5. The molecule has 4 rings (SSSR count). The average Bonchev–Trinajstić information content (AvgIpc) is 2.82. The number of nitrogens with one attached hydrogen (secondary N) is 1. The molecule has 1 N–H and O–H groups in total. The summed E-state index contributed by atoms with van der Waals surface area (Å²) < 4.78 is 11.3. The van der Waals surface area contributed by atoms with Gasteiger partial charge >= 0.3 is 6.03 Å². The molecule has 172 valence electrons. The normalized spacial score (nSPS) is 14.9. The molecule has 0 bridgehead atoms. The van der Waals surface area contributed by atoms with Gasteiger partial charge in [-0.1, -0.05) is 47.5 Å². The van der Waals surface area contributed by atoms with Crippen LogP contribution in [-0.2, 0) is 16.2 Å². The molecule has 0 aliphatic carbocycles. The predicted molar refractivity (Wildman–Crippen MR) is 129 cm³/mol. The number of benzene rings is 3. The molecule has 1 aliphatic heterocycles. The van der Waals surface area contributed by atoms with Crippen molar-refractivity contribution in [3.05, 3.63) is 93.5 Å². The molecule has 0 unspecified atom stereocenters. The van der Waals surface area contributed by atoms with Crippen LogP contribution < -0.4 is 19.7 Å². The molecule has 0 aromatic heterocycles. The highest BCUT2D eigenvalue weighted by molar-refractivity contribution is 6.39. The minimum absolute atomic E-state index is 0.207. The Hall–Kier alpha value is -3.81. The van der Waals surface area contributed by atoms with Gasteiger partial charge in [0.25, 0.3) is 11.8 Å². The second kappa shape index (κ2) is 9.99. The zero-order valence-corrected chi connectivity index (χ0v) is 19.4. The largest absolute Gasteiger partial charge is 0.493 e. The van der Waals surface area contributed by atoms with Crippen molar-refractivity contribution < 1.29 is 23.9 Å². The number of carbonyl (C=O) groups excluding carboxylic acids is 3. The van der Waals surface area contributed by atoms with E-state index in [1.165, 1.54) is 25.3 Å². The van der Waals surface area contributed by atoms with E-state index in [2.05, 4.69) is 5.32 Å². The van der Waals surface area contributed by atoms with Crippen LogP contribution in [0.2, 0.25) is 10.0 Å². The fourth-order valence-corrected chi connectivity index (χ4v) is 3.63. The van der Waals surface area contributed by atoms with Crippen LogP contribution in [0.25, 0.3) is 6.08 Å². The van der Waals surface area contributed by atoms with Gasteiger partial charge in [0, 0.05) is 15.6 Å². The number of ether oxygens (including phenoxy) is 2. The minimum Gasteiger partial charge on any atom is -0.493 e. The molecule has 1 heterocycles. The predicted octanol–water partition coefficient (Wildman–Crippen LogP) is 5.25. The standard InChI is InChI=1S/C25H18Cl2N2O5/c1-33-22-13-15(6-11-21(22)34-14-16-4-2-3-5-20(16)27)12-19-23(30)28-25(32)29(24(19)31)18-9-7-17(26)8-10-18/h2-13H,14H2,1H3,(H,28,30,32). The molecule has 1 saturated heterocycles. The third-order valence-electron chi connectivity index (χ3n) is 5.03. The molecule has 34 heavy (non-hydrogen) atoms. The number of barbiturate groups is 1. The fourth-order valence-electron chi connectivity index (χ4n) is 3.31. The lowest BCUT2D eigenvalue weighted by atomic mass is 10.1. The zero-order chi connectivity index (χ0) is 24.2. The maximum Gasteiger partial charge on any atom is 0.335 e. The summed E-state index contributed by atoms with van der Waals surface area (Å²) in [6.07, 6.45) is 1.38. The van der Waals surface area contributed by atoms with Crippen molar-refractivity contribution >= 4 is 52.8 Å². The Morgan fingerprint density at radius 2 is 1.68 bits per heavy atom. The van der Waals surface area contributed by atoms with Crippen LogP contribution in [0.5, 0.6) is 11.5 Å². The van der Waals surface area contributed by atoms with Gasteiger partial charge in [0.2, 0.25) is 0 Å². The monoisotopic (exact) mass is 496 g/mol. The number of urea groups is 1. The number of amides is 4. The van der Waals surface area contributed by atoms with Crippen LogP contribution in [0.1, 0.15) is 11.1 Å². The maximum absolute atomic E-state index is 13.0. The summed E-state index contributed by atoms with van der Waals surface area (Å²) in [5.74, 6) is -0.690. The van der Waals surface area contributed by atoms with E-state index in [0.717, 1.165) is 10.5 Å². The van der Waals surface area contributed by atoms with Gasteiger partial charge in [0.05, 0.1) is 12.8 Å². The van der Waals surface area contributed by atoms with Crippen molar-refractivity contribution in [3.8, 4) is 11.5 Å². The molecule has 0 atom stereocenters. The minimum atomic E-state index is -0.838. The third-order valence-corrected chi connectivity index (χ3v) is 5.65. The summed E-state index contributed by atoms with van der Waals surface area (Å²) in [5, 5.41) is 3.22. The Balaban J connectivity index is 1.60. The Morgan fingerprint density at radius 1 is 0.941 bits per heavy atom. The SMILES string of the molecule is COc1cc(C=C2C(=O)NC(=O)N(c3ccc(Cl)cc3)C2=O)ccc1OCc1ccccc1Cl. The first-order chi connectivity index (χ1) is 16.4. The number of methoxy groups -OCH3 is 1. The molecule has 3 aromatic rings. The van der Waals surface area contributed by atoms with Gasteiger partial charge < -0.3 is 9.47 Å². The second-order valence-corrected chi connectivity index (χ2v) is 8.07. The van der Waals surface area contributed by atoms with Crippen LogP contribution in [-0.4, -0.2) is 25.0 Å².